The van der Waals surface area contributed by atoms with Crippen molar-refractivity contribution in [1.82, 2.24) is 0 Å². The van der Waals surface area contributed by atoms with Crippen molar-refractivity contribution in [2.45, 2.75) is 51.6 Å². The van der Waals surface area contributed by atoms with Crippen LogP contribution in [0.3, 0.4) is 0 Å². The Bertz CT molecular complexity index is 243. The van der Waals surface area contributed by atoms with E-state index in [1.807, 2.05) is 6.92 Å². The Labute approximate surface area is 86.3 Å². The maximum atomic E-state index is 11.6. The summed E-state index contributed by atoms with van der Waals surface area (Å²) in [6.45, 7) is 4.17. The van der Waals surface area contributed by atoms with E-state index in [-0.39, 0.29) is 11.4 Å². The van der Waals surface area contributed by atoms with Crippen LogP contribution in [0.2, 0.25) is 0 Å². The van der Waals surface area contributed by atoms with Crippen molar-refractivity contribution in [2.75, 3.05) is 7.11 Å². The molecule has 0 aromatic heterocycles. The lowest BCUT2D eigenvalue weighted by Gasteiger charge is -2.23. The molecule has 0 aromatic rings. The summed E-state index contributed by atoms with van der Waals surface area (Å²) in [5.74, 6) is 0.269. The minimum Gasteiger partial charge on any atom is -0.374 e. The highest BCUT2D eigenvalue weighted by Crippen LogP contribution is 2.35. The van der Waals surface area contributed by atoms with Crippen molar-refractivity contribution in [3.63, 3.8) is 0 Å². The Kier molecular flexibility index (Phi) is 3.87. The summed E-state index contributed by atoms with van der Waals surface area (Å²) in [6.07, 6.45) is 6.86. The molecule has 0 spiro atoms. The number of hydrogen-bond acceptors (Lipinski definition) is 2. The second-order valence-corrected chi connectivity index (χ2v) is 4.12. The molecule has 1 saturated carbocycles. The molecular weight excluding hydrogens is 176 g/mol. The third kappa shape index (κ3) is 2.24. The fraction of sp³-hybridized carbons (Fsp3) is 0.750. The first-order valence-corrected chi connectivity index (χ1v) is 5.43. The summed E-state index contributed by atoms with van der Waals surface area (Å²) in [7, 11) is 1.69. The van der Waals surface area contributed by atoms with E-state index in [1.54, 1.807) is 7.11 Å². The van der Waals surface area contributed by atoms with Gasteiger partial charge in [-0.15, -0.1) is 0 Å². The monoisotopic (exact) mass is 196 g/mol. The van der Waals surface area contributed by atoms with Gasteiger partial charge in [-0.25, -0.2) is 0 Å². The molecular formula is C12H20O2. The first kappa shape index (κ1) is 11.4. The topological polar surface area (TPSA) is 26.3 Å². The fourth-order valence-corrected chi connectivity index (χ4v) is 1.91. The number of methoxy groups -OCH3 is 1. The average Bonchev–Trinajstić information content (AvgIpc) is 2.47. The summed E-state index contributed by atoms with van der Waals surface area (Å²) in [4.78, 5) is 11.6. The van der Waals surface area contributed by atoms with Gasteiger partial charge in [0.15, 0.2) is 5.78 Å². The van der Waals surface area contributed by atoms with Crippen LogP contribution in [-0.2, 0) is 9.53 Å². The number of ketones is 1. The molecule has 0 heterocycles. The van der Waals surface area contributed by atoms with Crippen LogP contribution < -0.4 is 0 Å². The van der Waals surface area contributed by atoms with Gasteiger partial charge in [0, 0.05) is 19.1 Å². The number of hydrogen-bond donors (Lipinski definition) is 0. The third-order valence-electron chi connectivity index (χ3n) is 3.06. The molecule has 80 valence electrons. The lowest BCUT2D eigenvalue weighted by atomic mass is 9.97. The molecule has 1 aliphatic carbocycles. The lowest BCUT2D eigenvalue weighted by molar-refractivity contribution is -0.114. The number of Topliss-reactive ketones (excluding diaryl/α,β-unsaturated/α-hetero) is 1. The van der Waals surface area contributed by atoms with Gasteiger partial charge in [-0.1, -0.05) is 25.8 Å². The second-order valence-electron chi connectivity index (χ2n) is 4.12. The van der Waals surface area contributed by atoms with Gasteiger partial charge >= 0.3 is 0 Å². The fourth-order valence-electron chi connectivity index (χ4n) is 1.91. The minimum atomic E-state index is -0.315. The van der Waals surface area contributed by atoms with Gasteiger partial charge in [-0.2, -0.15) is 0 Å². The maximum Gasteiger partial charge on any atom is 0.161 e. The van der Waals surface area contributed by atoms with Crippen molar-refractivity contribution in [3.8, 4) is 0 Å². The highest BCUT2D eigenvalue weighted by molar-refractivity contribution is 5.99. The van der Waals surface area contributed by atoms with Crippen LogP contribution in [-0.4, -0.2) is 18.5 Å². The molecule has 0 aromatic carbocycles. The number of allylic oxidation sites excluding steroid dienone is 1. The number of carbonyl (C=O) groups is 1. The standard InChI is InChI=1S/C12H20O2/c1-4-5-6-7-10-11(13)8-9-12(10,2)14-3/h7H,4-6,8-9H2,1-3H3/b10-7-. The molecule has 2 heteroatoms. The van der Waals surface area contributed by atoms with Crippen LogP contribution in [0.15, 0.2) is 11.6 Å². The molecule has 0 radical (unpaired) electrons. The summed E-state index contributed by atoms with van der Waals surface area (Å²) < 4.78 is 5.42. The zero-order valence-corrected chi connectivity index (χ0v) is 9.43. The normalized spacial score (nSPS) is 30.2. The van der Waals surface area contributed by atoms with Gasteiger partial charge in [0.25, 0.3) is 0 Å². The van der Waals surface area contributed by atoms with Crippen molar-refractivity contribution in [3.05, 3.63) is 11.6 Å². The van der Waals surface area contributed by atoms with Gasteiger partial charge in [-0.05, 0) is 19.8 Å². The smallest absolute Gasteiger partial charge is 0.161 e. The van der Waals surface area contributed by atoms with Gasteiger partial charge in [0.2, 0.25) is 0 Å². The van der Waals surface area contributed by atoms with E-state index < -0.39 is 0 Å². The van der Waals surface area contributed by atoms with Gasteiger partial charge < -0.3 is 4.74 Å². The number of carbonyl (C=O) groups excluding carboxylic acids is 1. The van der Waals surface area contributed by atoms with E-state index in [0.29, 0.717) is 6.42 Å². The van der Waals surface area contributed by atoms with Crippen LogP contribution >= 0.6 is 0 Å². The molecule has 1 unspecified atom stereocenters. The Morgan fingerprint density at radius 2 is 2.29 bits per heavy atom. The van der Waals surface area contributed by atoms with E-state index in [4.69, 9.17) is 4.74 Å². The van der Waals surface area contributed by atoms with E-state index in [9.17, 15) is 4.79 Å². The van der Waals surface area contributed by atoms with E-state index in [2.05, 4.69) is 13.0 Å². The Hall–Kier alpha value is -0.630. The minimum absolute atomic E-state index is 0.269. The van der Waals surface area contributed by atoms with Crippen LogP contribution in [0.25, 0.3) is 0 Å². The van der Waals surface area contributed by atoms with E-state index in [0.717, 1.165) is 24.8 Å². The molecule has 0 bridgehead atoms. The average molecular weight is 196 g/mol. The maximum absolute atomic E-state index is 11.6. The molecule has 14 heavy (non-hydrogen) atoms. The zero-order valence-electron chi connectivity index (χ0n) is 9.43. The second kappa shape index (κ2) is 4.74. The van der Waals surface area contributed by atoms with E-state index >= 15 is 0 Å². The van der Waals surface area contributed by atoms with Crippen LogP contribution in [0.5, 0.6) is 0 Å². The van der Waals surface area contributed by atoms with Gasteiger partial charge in [0.05, 0.1) is 5.60 Å². The molecule has 1 aliphatic rings. The summed E-state index contributed by atoms with van der Waals surface area (Å²) in [6, 6.07) is 0. The number of rotatable bonds is 4. The Balaban J connectivity index is 2.71. The molecule has 0 saturated heterocycles. The summed E-state index contributed by atoms with van der Waals surface area (Å²) in [5.41, 5.74) is 0.582. The molecule has 0 aliphatic heterocycles. The van der Waals surface area contributed by atoms with Crippen LogP contribution in [0.1, 0.15) is 46.0 Å². The van der Waals surface area contributed by atoms with Crippen molar-refractivity contribution in [2.24, 2.45) is 0 Å². The predicted octanol–water partition coefficient (Wildman–Crippen LogP) is 2.87. The summed E-state index contributed by atoms with van der Waals surface area (Å²) >= 11 is 0. The van der Waals surface area contributed by atoms with Crippen LogP contribution in [0, 0.1) is 0 Å². The molecule has 1 atom stereocenters. The predicted molar refractivity (Wildman–Crippen MR) is 57.3 cm³/mol. The zero-order chi connectivity index (χ0) is 10.6. The van der Waals surface area contributed by atoms with Crippen molar-refractivity contribution >= 4 is 5.78 Å². The Morgan fingerprint density at radius 3 is 2.86 bits per heavy atom. The summed E-state index contributed by atoms with van der Waals surface area (Å²) in [5, 5.41) is 0. The molecule has 1 fully saturated rings. The van der Waals surface area contributed by atoms with Crippen molar-refractivity contribution in [1.29, 1.82) is 0 Å². The van der Waals surface area contributed by atoms with Crippen LogP contribution in [0.4, 0.5) is 0 Å². The number of unbranched alkanes of at least 4 members (excludes halogenated alkanes) is 2. The molecule has 0 amide bonds. The first-order chi connectivity index (χ1) is 6.64. The molecule has 0 N–H and O–H groups in total. The molecule has 2 nitrogen and oxygen atoms in total. The van der Waals surface area contributed by atoms with E-state index in [1.165, 1.54) is 6.42 Å². The van der Waals surface area contributed by atoms with Gasteiger partial charge in [0.1, 0.15) is 0 Å². The quantitative estimate of drug-likeness (QED) is 0.510. The first-order valence-electron chi connectivity index (χ1n) is 5.43. The highest BCUT2D eigenvalue weighted by atomic mass is 16.5. The molecule has 1 rings (SSSR count). The Morgan fingerprint density at radius 1 is 1.57 bits per heavy atom. The van der Waals surface area contributed by atoms with Gasteiger partial charge in [-0.3, -0.25) is 4.79 Å². The van der Waals surface area contributed by atoms with Crippen molar-refractivity contribution < 1.29 is 9.53 Å². The number of ether oxygens (including phenoxy) is 1. The highest BCUT2D eigenvalue weighted by Gasteiger charge is 2.39. The third-order valence-corrected chi connectivity index (χ3v) is 3.06. The SMILES string of the molecule is CCCC/C=C1/C(=O)CCC1(C)OC. The largest absolute Gasteiger partial charge is 0.374 e. The lowest BCUT2D eigenvalue weighted by Crippen LogP contribution is -2.26.